The highest BCUT2D eigenvalue weighted by molar-refractivity contribution is 5.72. The van der Waals surface area contributed by atoms with Gasteiger partial charge in [0.15, 0.2) is 6.10 Å². The Bertz CT molecular complexity index is 1180. The number of benzene rings is 3. The lowest BCUT2D eigenvalue weighted by Crippen LogP contribution is -2.38. The quantitative estimate of drug-likeness (QED) is 0.229. The van der Waals surface area contributed by atoms with Crippen LogP contribution in [0.25, 0.3) is 0 Å². The number of halogens is 1. The number of ether oxygens (including phenoxy) is 4. The van der Waals surface area contributed by atoms with E-state index in [9.17, 15) is 19.1 Å². The van der Waals surface area contributed by atoms with Crippen LogP contribution in [0.15, 0.2) is 72.8 Å². The molecular weight excluding hydrogens is 517 g/mol. The van der Waals surface area contributed by atoms with Gasteiger partial charge in [-0.15, -0.1) is 0 Å². The van der Waals surface area contributed by atoms with Crippen LogP contribution in [0.3, 0.4) is 0 Å². The van der Waals surface area contributed by atoms with Gasteiger partial charge in [-0.1, -0.05) is 42.0 Å². The lowest BCUT2D eigenvalue weighted by molar-refractivity contribution is -0.149. The van der Waals surface area contributed by atoms with E-state index in [2.05, 4.69) is 0 Å². The van der Waals surface area contributed by atoms with Gasteiger partial charge in [-0.05, 0) is 67.8 Å². The van der Waals surface area contributed by atoms with Crippen molar-refractivity contribution < 1.29 is 38.0 Å². The fourth-order valence-corrected chi connectivity index (χ4v) is 3.82. The summed E-state index contributed by atoms with van der Waals surface area (Å²) in [5.41, 5.74) is 2.75. The zero-order valence-corrected chi connectivity index (χ0v) is 22.9. The molecule has 3 rings (SSSR count). The minimum absolute atomic E-state index is 0.232. The zero-order valence-electron chi connectivity index (χ0n) is 22.9. The highest BCUT2D eigenvalue weighted by Crippen LogP contribution is 2.16. The first-order chi connectivity index (χ1) is 19.3. The molecule has 0 fully saturated rings. The lowest BCUT2D eigenvalue weighted by atomic mass is 10.1. The molecule has 40 heavy (non-hydrogen) atoms. The number of amides is 1. The molecule has 0 aliphatic heterocycles. The van der Waals surface area contributed by atoms with Crippen LogP contribution in [-0.2, 0) is 27.3 Å². The van der Waals surface area contributed by atoms with Crippen molar-refractivity contribution in [2.45, 2.75) is 39.4 Å². The topological polar surface area (TPSA) is 94.5 Å². The Morgan fingerprint density at radius 3 is 2.17 bits per heavy atom. The van der Waals surface area contributed by atoms with Gasteiger partial charge in [0, 0.05) is 26.2 Å². The Hall–Kier alpha value is -3.95. The summed E-state index contributed by atoms with van der Waals surface area (Å²) in [6.07, 6.45) is -0.559. The summed E-state index contributed by atoms with van der Waals surface area (Å²) >= 11 is 0. The molecular formula is C31H36FNO7. The van der Waals surface area contributed by atoms with Crippen molar-refractivity contribution in [2.75, 3.05) is 32.9 Å². The van der Waals surface area contributed by atoms with Gasteiger partial charge >= 0.3 is 12.1 Å². The summed E-state index contributed by atoms with van der Waals surface area (Å²) < 4.78 is 35.4. The van der Waals surface area contributed by atoms with E-state index in [0.29, 0.717) is 44.3 Å². The smallest absolute Gasteiger partial charge is 0.415 e. The minimum atomic E-state index is -0.999. The highest BCUT2D eigenvalue weighted by atomic mass is 19.1. The number of hydrogen-bond donors (Lipinski definition) is 1. The van der Waals surface area contributed by atoms with Crippen LogP contribution in [-0.4, -0.2) is 61.1 Å². The zero-order chi connectivity index (χ0) is 28.7. The van der Waals surface area contributed by atoms with E-state index in [1.807, 2.05) is 19.1 Å². The molecule has 0 bridgehead atoms. The third-order valence-corrected chi connectivity index (χ3v) is 6.00. The van der Waals surface area contributed by atoms with Gasteiger partial charge in [0.05, 0.1) is 13.2 Å². The van der Waals surface area contributed by atoms with Crippen LogP contribution in [0.1, 0.15) is 30.0 Å². The number of aryl methyl sites for hydroxylation is 1. The molecule has 0 saturated heterocycles. The predicted octanol–water partition coefficient (Wildman–Crippen LogP) is 5.65. The Balaban J connectivity index is 1.51. The number of aliphatic carboxylic acids is 1. The number of carbonyl (C=O) groups excluding carboxylic acids is 1. The lowest BCUT2D eigenvalue weighted by Gasteiger charge is -2.22. The molecule has 0 radical (unpaired) electrons. The van der Waals surface area contributed by atoms with Crippen molar-refractivity contribution in [3.05, 3.63) is 95.3 Å². The van der Waals surface area contributed by atoms with Gasteiger partial charge in [-0.2, -0.15) is 0 Å². The van der Waals surface area contributed by atoms with Crippen molar-refractivity contribution >= 4 is 12.1 Å². The van der Waals surface area contributed by atoms with Crippen LogP contribution in [0.2, 0.25) is 0 Å². The average molecular weight is 554 g/mol. The van der Waals surface area contributed by atoms with Crippen molar-refractivity contribution in [1.29, 1.82) is 0 Å². The van der Waals surface area contributed by atoms with E-state index in [-0.39, 0.29) is 25.4 Å². The van der Waals surface area contributed by atoms with Crippen LogP contribution in [0, 0.1) is 12.7 Å². The molecule has 1 N–H and O–H groups in total. The minimum Gasteiger partial charge on any atom is -0.492 e. The highest BCUT2D eigenvalue weighted by Gasteiger charge is 2.18. The number of carboxylic acids is 1. The monoisotopic (exact) mass is 553 g/mol. The second-order valence-corrected chi connectivity index (χ2v) is 9.18. The second kappa shape index (κ2) is 16.2. The largest absolute Gasteiger partial charge is 0.492 e. The Kier molecular flexibility index (Phi) is 12.4. The second-order valence-electron chi connectivity index (χ2n) is 9.18. The Labute approximate surface area is 234 Å². The third-order valence-electron chi connectivity index (χ3n) is 6.00. The fourth-order valence-electron chi connectivity index (χ4n) is 3.82. The van der Waals surface area contributed by atoms with Crippen LogP contribution in [0.4, 0.5) is 9.18 Å². The maximum Gasteiger partial charge on any atom is 0.415 e. The van der Waals surface area contributed by atoms with Gasteiger partial charge in [-0.25, -0.2) is 14.0 Å². The van der Waals surface area contributed by atoms with Crippen LogP contribution < -0.4 is 9.47 Å². The number of hydrogen-bond acceptors (Lipinski definition) is 6. The molecule has 214 valence electrons. The molecule has 0 aliphatic carbocycles. The summed E-state index contributed by atoms with van der Waals surface area (Å²) in [7, 11) is 0. The van der Waals surface area contributed by atoms with E-state index in [1.54, 1.807) is 60.4 Å². The molecule has 1 unspecified atom stereocenters. The third kappa shape index (κ3) is 10.7. The molecule has 0 aromatic heterocycles. The van der Waals surface area contributed by atoms with E-state index >= 15 is 0 Å². The van der Waals surface area contributed by atoms with E-state index in [1.165, 1.54) is 12.1 Å². The molecule has 0 saturated carbocycles. The van der Waals surface area contributed by atoms with E-state index in [0.717, 1.165) is 16.7 Å². The first kappa shape index (κ1) is 30.6. The predicted molar refractivity (Wildman–Crippen MR) is 148 cm³/mol. The molecule has 0 spiro atoms. The molecule has 0 aliphatic rings. The Morgan fingerprint density at radius 1 is 0.875 bits per heavy atom. The first-order valence-electron chi connectivity index (χ1n) is 13.3. The summed E-state index contributed by atoms with van der Waals surface area (Å²) in [5.74, 6) is -0.239. The number of nitrogens with zero attached hydrogens (tertiary/aromatic N) is 1. The fraction of sp³-hybridized carbons (Fsp3) is 0.355. The van der Waals surface area contributed by atoms with Gasteiger partial charge < -0.3 is 29.0 Å². The molecule has 3 aromatic carbocycles. The molecule has 3 aromatic rings. The summed E-state index contributed by atoms with van der Waals surface area (Å²) in [6.45, 7) is 5.71. The molecule has 8 nitrogen and oxygen atoms in total. The standard InChI is InChI=1S/C31H36FNO7/c1-3-38-29(30(34)35)21-24-9-15-27(16-10-24)39-20-18-33(31(36)40-28-13-5-23(2)6-14-28)17-4-19-37-22-25-7-11-26(32)12-8-25/h5-16,29H,3-4,17-22H2,1-2H3,(H,34,35). The molecule has 0 heterocycles. The number of carboxylic acid groups (broad SMARTS) is 1. The normalized spacial score (nSPS) is 11.6. The van der Waals surface area contributed by atoms with Crippen molar-refractivity contribution in [3.8, 4) is 11.5 Å². The van der Waals surface area contributed by atoms with Crippen LogP contribution in [0.5, 0.6) is 11.5 Å². The van der Waals surface area contributed by atoms with Crippen molar-refractivity contribution in [1.82, 2.24) is 4.90 Å². The summed E-state index contributed by atoms with van der Waals surface area (Å²) in [6, 6.07) is 20.5. The summed E-state index contributed by atoms with van der Waals surface area (Å²) in [5, 5.41) is 9.28. The SMILES string of the molecule is CCOC(Cc1ccc(OCCN(CCCOCc2ccc(F)cc2)C(=O)Oc2ccc(C)cc2)cc1)C(=O)O. The van der Waals surface area contributed by atoms with Gasteiger partial charge in [-0.3, -0.25) is 0 Å². The number of carbonyl (C=O) groups is 2. The molecule has 9 heteroatoms. The van der Waals surface area contributed by atoms with E-state index < -0.39 is 18.2 Å². The van der Waals surface area contributed by atoms with Crippen molar-refractivity contribution in [3.63, 3.8) is 0 Å². The number of rotatable bonds is 16. The molecule has 1 amide bonds. The van der Waals surface area contributed by atoms with Gasteiger partial charge in [0.25, 0.3) is 0 Å². The van der Waals surface area contributed by atoms with Gasteiger partial charge in [0.1, 0.15) is 23.9 Å². The summed E-state index contributed by atoms with van der Waals surface area (Å²) in [4.78, 5) is 25.8. The average Bonchev–Trinajstić information content (AvgIpc) is 2.94. The van der Waals surface area contributed by atoms with Crippen molar-refractivity contribution in [2.24, 2.45) is 0 Å². The van der Waals surface area contributed by atoms with Crippen LogP contribution >= 0.6 is 0 Å². The van der Waals surface area contributed by atoms with Gasteiger partial charge in [0.2, 0.25) is 0 Å². The van der Waals surface area contributed by atoms with E-state index in [4.69, 9.17) is 18.9 Å². The maximum absolute atomic E-state index is 13.1. The molecule has 1 atom stereocenters. The first-order valence-corrected chi connectivity index (χ1v) is 13.3. The maximum atomic E-state index is 13.1. The Morgan fingerprint density at radius 2 is 1.52 bits per heavy atom.